The highest BCUT2D eigenvalue weighted by Crippen LogP contribution is 2.10. The van der Waals surface area contributed by atoms with Gasteiger partial charge in [0.15, 0.2) is 0 Å². The van der Waals surface area contributed by atoms with E-state index in [9.17, 15) is 4.79 Å². The molecule has 2 aliphatic heterocycles. The summed E-state index contributed by atoms with van der Waals surface area (Å²) in [4.78, 5) is 18.8. The van der Waals surface area contributed by atoms with Crippen LogP contribution >= 0.6 is 0 Å². The first kappa shape index (κ1) is 13.8. The molecule has 5 nitrogen and oxygen atoms in total. The van der Waals surface area contributed by atoms with Crippen molar-refractivity contribution >= 4 is 5.91 Å². The Kier molecular flexibility index (Phi) is 4.97. The Hall–Kier alpha value is -0.650. The molecule has 2 saturated heterocycles. The van der Waals surface area contributed by atoms with E-state index in [1.54, 1.807) is 0 Å². The number of nitrogens with zero attached hydrogens (tertiary/aromatic N) is 3. The van der Waals surface area contributed by atoms with E-state index in [-0.39, 0.29) is 0 Å². The first-order valence-corrected chi connectivity index (χ1v) is 7.05. The lowest BCUT2D eigenvalue weighted by molar-refractivity contribution is -0.134. The van der Waals surface area contributed by atoms with Crippen molar-refractivity contribution in [3.63, 3.8) is 0 Å². The Morgan fingerprint density at radius 1 is 1.11 bits per heavy atom. The maximum atomic E-state index is 12.2. The lowest BCUT2D eigenvalue weighted by Crippen LogP contribution is -2.51. The summed E-state index contributed by atoms with van der Waals surface area (Å²) in [5.41, 5.74) is 0. The third-order valence-electron chi connectivity index (χ3n) is 4.21. The predicted octanol–water partition coefficient (Wildman–Crippen LogP) is -0.556. The van der Waals surface area contributed by atoms with Crippen LogP contribution in [0.15, 0.2) is 0 Å². The molecule has 5 heteroatoms. The largest absolute Gasteiger partial charge is 0.339 e. The predicted molar refractivity (Wildman–Crippen MR) is 72.6 cm³/mol. The summed E-state index contributed by atoms with van der Waals surface area (Å²) < 4.78 is 0. The normalized spacial score (nSPS) is 24.4. The average molecular weight is 254 g/mol. The van der Waals surface area contributed by atoms with Gasteiger partial charge in [-0.2, -0.15) is 0 Å². The van der Waals surface area contributed by atoms with Crippen LogP contribution in [0, 0.1) is 0 Å². The highest BCUT2D eigenvalue weighted by Gasteiger charge is 2.23. The van der Waals surface area contributed by atoms with E-state index in [4.69, 9.17) is 0 Å². The summed E-state index contributed by atoms with van der Waals surface area (Å²) in [6, 6.07) is 0.639. The van der Waals surface area contributed by atoms with Crippen molar-refractivity contribution in [1.82, 2.24) is 20.0 Å². The molecule has 0 atom stereocenters. The number of amides is 1. The molecular weight excluding hydrogens is 228 g/mol. The van der Waals surface area contributed by atoms with E-state index < -0.39 is 0 Å². The molecule has 2 aliphatic rings. The zero-order valence-corrected chi connectivity index (χ0v) is 11.7. The second kappa shape index (κ2) is 6.50. The minimum atomic E-state index is 0.311. The number of likely N-dealkylation sites (N-methyl/N-ethyl adjacent to an activating group) is 1. The maximum Gasteiger partial charge on any atom is 0.236 e. The standard InChI is InChI=1S/C13H26N4O/c1-14-12-3-5-16(6-4-12)11-13(18)17-9-7-15(2)8-10-17/h12,14H,3-11H2,1-2H3. The van der Waals surface area contributed by atoms with Gasteiger partial charge in [-0.3, -0.25) is 9.69 Å². The third-order valence-corrected chi connectivity index (χ3v) is 4.21. The summed E-state index contributed by atoms with van der Waals surface area (Å²) in [6.45, 7) is 6.50. The summed E-state index contributed by atoms with van der Waals surface area (Å²) in [6.07, 6.45) is 2.32. The van der Waals surface area contributed by atoms with Gasteiger partial charge in [0.2, 0.25) is 5.91 Å². The molecular formula is C13H26N4O. The molecule has 2 rings (SSSR count). The van der Waals surface area contributed by atoms with Gasteiger partial charge in [0.05, 0.1) is 6.54 Å². The summed E-state index contributed by atoms with van der Waals surface area (Å²) in [5.74, 6) is 0.311. The van der Waals surface area contributed by atoms with Crippen LogP contribution in [0.1, 0.15) is 12.8 Å². The molecule has 1 N–H and O–H groups in total. The second-order valence-corrected chi connectivity index (χ2v) is 5.52. The van der Waals surface area contributed by atoms with E-state index >= 15 is 0 Å². The Morgan fingerprint density at radius 3 is 2.28 bits per heavy atom. The third kappa shape index (κ3) is 3.67. The number of piperidine rings is 1. The van der Waals surface area contributed by atoms with Crippen molar-refractivity contribution in [2.75, 3.05) is 59.9 Å². The van der Waals surface area contributed by atoms with Crippen LogP contribution in [0.3, 0.4) is 0 Å². The first-order chi connectivity index (χ1) is 8.69. The fraction of sp³-hybridized carbons (Fsp3) is 0.923. The average Bonchev–Trinajstić information content (AvgIpc) is 2.40. The van der Waals surface area contributed by atoms with E-state index in [1.807, 2.05) is 11.9 Å². The SMILES string of the molecule is CNC1CCN(CC(=O)N2CCN(C)CC2)CC1. The summed E-state index contributed by atoms with van der Waals surface area (Å²) in [7, 11) is 4.14. The Balaban J connectivity index is 1.71. The lowest BCUT2D eigenvalue weighted by atomic mass is 10.1. The Labute approximate surface area is 110 Å². The van der Waals surface area contributed by atoms with Gasteiger partial charge in [-0.05, 0) is 26.9 Å². The summed E-state index contributed by atoms with van der Waals surface area (Å²) in [5, 5.41) is 3.32. The molecule has 104 valence electrons. The highest BCUT2D eigenvalue weighted by atomic mass is 16.2. The molecule has 0 aromatic rings. The van der Waals surface area contributed by atoms with Gasteiger partial charge in [0.1, 0.15) is 0 Å². The van der Waals surface area contributed by atoms with E-state index in [1.165, 1.54) is 0 Å². The molecule has 0 aromatic carbocycles. The number of likely N-dealkylation sites (tertiary alicyclic amines) is 1. The Morgan fingerprint density at radius 2 is 1.72 bits per heavy atom. The van der Waals surface area contributed by atoms with Crippen LogP contribution < -0.4 is 5.32 Å². The van der Waals surface area contributed by atoms with Crippen molar-refractivity contribution in [1.29, 1.82) is 0 Å². The molecule has 2 heterocycles. The van der Waals surface area contributed by atoms with Gasteiger partial charge in [-0.25, -0.2) is 0 Å². The lowest BCUT2D eigenvalue weighted by Gasteiger charge is -2.36. The number of hydrogen-bond donors (Lipinski definition) is 1. The van der Waals surface area contributed by atoms with Gasteiger partial charge in [0, 0.05) is 45.3 Å². The molecule has 0 saturated carbocycles. The van der Waals surface area contributed by atoms with Crippen LogP contribution in [-0.4, -0.2) is 86.6 Å². The van der Waals surface area contributed by atoms with E-state index in [0.717, 1.165) is 52.1 Å². The van der Waals surface area contributed by atoms with Crippen molar-refractivity contribution in [3.8, 4) is 0 Å². The monoisotopic (exact) mass is 254 g/mol. The van der Waals surface area contributed by atoms with E-state index in [2.05, 4.69) is 22.2 Å². The van der Waals surface area contributed by atoms with Crippen molar-refractivity contribution in [2.24, 2.45) is 0 Å². The second-order valence-electron chi connectivity index (χ2n) is 5.52. The number of carbonyl (C=O) groups excluding carboxylic acids is 1. The topological polar surface area (TPSA) is 38.8 Å². The van der Waals surface area contributed by atoms with Crippen LogP contribution in [0.5, 0.6) is 0 Å². The molecule has 0 unspecified atom stereocenters. The molecule has 0 spiro atoms. The molecule has 0 aliphatic carbocycles. The van der Waals surface area contributed by atoms with E-state index in [0.29, 0.717) is 18.5 Å². The minimum absolute atomic E-state index is 0.311. The molecule has 1 amide bonds. The zero-order chi connectivity index (χ0) is 13.0. The Bertz CT molecular complexity index is 268. The van der Waals surface area contributed by atoms with Gasteiger partial charge in [-0.1, -0.05) is 0 Å². The van der Waals surface area contributed by atoms with Crippen molar-refractivity contribution in [2.45, 2.75) is 18.9 Å². The van der Waals surface area contributed by atoms with Crippen molar-refractivity contribution < 1.29 is 4.79 Å². The van der Waals surface area contributed by atoms with Crippen molar-refractivity contribution in [3.05, 3.63) is 0 Å². The molecule has 0 aromatic heterocycles. The fourth-order valence-electron chi connectivity index (χ4n) is 2.73. The number of hydrogen-bond acceptors (Lipinski definition) is 4. The van der Waals surface area contributed by atoms with Gasteiger partial charge in [-0.15, -0.1) is 0 Å². The number of carbonyl (C=O) groups is 1. The minimum Gasteiger partial charge on any atom is -0.339 e. The molecule has 2 fully saturated rings. The zero-order valence-electron chi connectivity index (χ0n) is 11.7. The maximum absolute atomic E-state index is 12.2. The van der Waals surface area contributed by atoms with Crippen LogP contribution in [0.4, 0.5) is 0 Å². The number of nitrogens with one attached hydrogen (secondary N) is 1. The molecule has 18 heavy (non-hydrogen) atoms. The van der Waals surface area contributed by atoms with Gasteiger partial charge >= 0.3 is 0 Å². The van der Waals surface area contributed by atoms with Crippen LogP contribution in [0.2, 0.25) is 0 Å². The first-order valence-electron chi connectivity index (χ1n) is 7.05. The van der Waals surface area contributed by atoms with Gasteiger partial charge in [0.25, 0.3) is 0 Å². The van der Waals surface area contributed by atoms with Crippen LogP contribution in [-0.2, 0) is 4.79 Å². The molecule has 0 radical (unpaired) electrons. The fourth-order valence-corrected chi connectivity index (χ4v) is 2.73. The number of piperazine rings is 1. The molecule has 0 bridgehead atoms. The quantitative estimate of drug-likeness (QED) is 0.733. The van der Waals surface area contributed by atoms with Crippen LogP contribution in [0.25, 0.3) is 0 Å². The van der Waals surface area contributed by atoms with Gasteiger partial charge < -0.3 is 15.1 Å². The summed E-state index contributed by atoms with van der Waals surface area (Å²) >= 11 is 0. The highest BCUT2D eigenvalue weighted by molar-refractivity contribution is 5.78. The smallest absolute Gasteiger partial charge is 0.236 e. The number of rotatable bonds is 3.